The molecule has 0 aliphatic heterocycles. The Hall–Kier alpha value is -1.26. The van der Waals surface area contributed by atoms with Crippen molar-refractivity contribution in [1.29, 1.82) is 0 Å². The van der Waals surface area contributed by atoms with Gasteiger partial charge in [0.2, 0.25) is 0 Å². The lowest BCUT2D eigenvalue weighted by Crippen LogP contribution is -2.01. The first-order chi connectivity index (χ1) is 9.95. The zero-order chi connectivity index (χ0) is 13.9. The van der Waals surface area contributed by atoms with Crippen molar-refractivity contribution in [3.05, 3.63) is 60.7 Å². The topological polar surface area (TPSA) is 18.5 Å². The molecule has 0 atom stereocenters. The van der Waals surface area contributed by atoms with E-state index in [2.05, 4.69) is 0 Å². The first kappa shape index (κ1) is 15.1. The van der Waals surface area contributed by atoms with Crippen molar-refractivity contribution in [1.82, 2.24) is 0 Å². The maximum atomic E-state index is 5.62. The minimum absolute atomic E-state index is 0.737. The summed E-state index contributed by atoms with van der Waals surface area (Å²) < 4.78 is 11.2. The van der Waals surface area contributed by atoms with E-state index in [1.165, 1.54) is 0 Å². The first-order valence-electron chi connectivity index (χ1n) is 6.55. The Morgan fingerprint density at radius 1 is 0.600 bits per heavy atom. The normalized spacial score (nSPS) is 10.2. The third-order valence-corrected chi connectivity index (χ3v) is 4.77. The van der Waals surface area contributed by atoms with Gasteiger partial charge in [-0.1, -0.05) is 58.0 Å². The molecule has 20 heavy (non-hydrogen) atoms. The molecule has 0 saturated heterocycles. The molecule has 4 heteroatoms. The molecule has 0 aliphatic carbocycles. The van der Waals surface area contributed by atoms with E-state index >= 15 is 0 Å². The molecule has 106 valence electrons. The number of hydrogen-bond donors (Lipinski definition) is 0. The Morgan fingerprint density at radius 3 is 1.40 bits per heavy atom. The second kappa shape index (κ2) is 9.61. The maximum Gasteiger partial charge on any atom is 0.119 e. The summed E-state index contributed by atoms with van der Waals surface area (Å²) in [6, 6.07) is 19.8. The van der Waals surface area contributed by atoms with E-state index in [1.54, 1.807) is 0 Å². The average Bonchev–Trinajstić information content (AvgIpc) is 2.52. The van der Waals surface area contributed by atoms with Crippen LogP contribution in [0.15, 0.2) is 60.7 Å². The van der Waals surface area contributed by atoms with Crippen LogP contribution in [0.25, 0.3) is 0 Å². The lowest BCUT2D eigenvalue weighted by Gasteiger charge is -2.06. The predicted molar refractivity (Wildman–Crippen MR) is 88.8 cm³/mol. The van der Waals surface area contributed by atoms with Gasteiger partial charge in [-0.05, 0) is 24.3 Å². The van der Waals surface area contributed by atoms with Crippen LogP contribution in [0, 0.1) is 0 Å². The minimum atomic E-state index is 0.737. The van der Waals surface area contributed by atoms with E-state index in [0.29, 0.717) is 0 Å². The Kier molecular flexibility index (Phi) is 7.28. The summed E-state index contributed by atoms with van der Waals surface area (Å²) in [6.07, 6.45) is 0. The van der Waals surface area contributed by atoms with Crippen LogP contribution in [0.1, 0.15) is 0 Å². The highest BCUT2D eigenvalue weighted by Crippen LogP contribution is 2.21. The fourth-order valence-electron chi connectivity index (χ4n) is 1.54. The molecule has 0 saturated carbocycles. The van der Waals surface area contributed by atoms with E-state index < -0.39 is 0 Å². The van der Waals surface area contributed by atoms with E-state index in [0.717, 1.165) is 36.2 Å². The molecule has 0 fully saturated rings. The largest absolute Gasteiger partial charge is 0.493 e. The first-order valence-corrected chi connectivity index (χ1v) is 9.04. The van der Waals surface area contributed by atoms with Gasteiger partial charge in [-0.15, -0.1) is 0 Å². The molecule has 0 radical (unpaired) electrons. The average molecular weight is 306 g/mol. The number of ether oxygens (including phenoxy) is 2. The van der Waals surface area contributed by atoms with Crippen LogP contribution < -0.4 is 9.47 Å². The monoisotopic (exact) mass is 306 g/mol. The summed E-state index contributed by atoms with van der Waals surface area (Å²) in [6.45, 7) is 1.47. The van der Waals surface area contributed by atoms with Crippen LogP contribution in [-0.2, 0) is 0 Å². The third kappa shape index (κ3) is 6.26. The standard InChI is InChI=1S/C16H18O2S2/c1-3-7-15(8-4-1)17-11-13-19-20-14-12-18-16-9-5-2-6-10-16/h1-10H,11-14H2. The van der Waals surface area contributed by atoms with Crippen LogP contribution in [0.2, 0.25) is 0 Å². The van der Waals surface area contributed by atoms with Gasteiger partial charge in [-0.25, -0.2) is 0 Å². The molecular weight excluding hydrogens is 288 g/mol. The van der Waals surface area contributed by atoms with Crippen LogP contribution in [0.5, 0.6) is 11.5 Å². The quantitative estimate of drug-likeness (QED) is 0.500. The van der Waals surface area contributed by atoms with Gasteiger partial charge in [-0.3, -0.25) is 0 Å². The van der Waals surface area contributed by atoms with Gasteiger partial charge < -0.3 is 9.47 Å². The molecule has 2 nitrogen and oxygen atoms in total. The molecule has 0 spiro atoms. The highest BCUT2D eigenvalue weighted by atomic mass is 33.1. The Labute approximate surface area is 128 Å². The molecule has 0 N–H and O–H groups in total. The SMILES string of the molecule is c1ccc(OCCSSCCOc2ccccc2)cc1. The summed E-state index contributed by atoms with van der Waals surface area (Å²) in [7, 11) is 3.64. The van der Waals surface area contributed by atoms with Crippen molar-refractivity contribution in [2.45, 2.75) is 0 Å². The fraction of sp³-hybridized carbons (Fsp3) is 0.250. The van der Waals surface area contributed by atoms with Crippen LogP contribution >= 0.6 is 21.6 Å². The van der Waals surface area contributed by atoms with E-state index in [9.17, 15) is 0 Å². The van der Waals surface area contributed by atoms with Gasteiger partial charge in [0.05, 0.1) is 13.2 Å². The molecule has 2 rings (SSSR count). The predicted octanol–water partition coefficient (Wildman–Crippen LogP) is 4.53. The summed E-state index contributed by atoms with van der Waals surface area (Å²) in [5.41, 5.74) is 0. The van der Waals surface area contributed by atoms with Gasteiger partial charge in [-0.2, -0.15) is 0 Å². The van der Waals surface area contributed by atoms with Gasteiger partial charge >= 0.3 is 0 Å². The molecule has 0 amide bonds. The highest BCUT2D eigenvalue weighted by molar-refractivity contribution is 8.76. The minimum Gasteiger partial charge on any atom is -0.493 e. The number of rotatable bonds is 9. The van der Waals surface area contributed by atoms with Crippen molar-refractivity contribution in [2.24, 2.45) is 0 Å². The van der Waals surface area contributed by atoms with Gasteiger partial charge in [0.25, 0.3) is 0 Å². The number of benzene rings is 2. The zero-order valence-corrected chi connectivity index (χ0v) is 12.9. The Balaban J connectivity index is 1.44. The van der Waals surface area contributed by atoms with Crippen molar-refractivity contribution < 1.29 is 9.47 Å². The lowest BCUT2D eigenvalue weighted by molar-refractivity contribution is 0.343. The molecular formula is C16H18O2S2. The Bertz CT molecular complexity index is 417. The fourth-order valence-corrected chi connectivity index (χ4v) is 3.19. The van der Waals surface area contributed by atoms with E-state index in [4.69, 9.17) is 9.47 Å². The molecule has 2 aromatic rings. The molecule has 0 aromatic heterocycles. The number of para-hydroxylation sites is 2. The zero-order valence-electron chi connectivity index (χ0n) is 11.2. The summed E-state index contributed by atoms with van der Waals surface area (Å²) in [5.74, 6) is 3.83. The molecule has 0 bridgehead atoms. The molecule has 2 aromatic carbocycles. The van der Waals surface area contributed by atoms with E-state index in [1.807, 2.05) is 82.3 Å². The third-order valence-electron chi connectivity index (χ3n) is 2.44. The van der Waals surface area contributed by atoms with Crippen molar-refractivity contribution in [3.8, 4) is 11.5 Å². The second-order valence-corrected chi connectivity index (χ2v) is 6.67. The maximum absolute atomic E-state index is 5.62. The number of hydrogen-bond acceptors (Lipinski definition) is 4. The summed E-state index contributed by atoms with van der Waals surface area (Å²) in [4.78, 5) is 0. The lowest BCUT2D eigenvalue weighted by atomic mass is 10.3. The van der Waals surface area contributed by atoms with Crippen LogP contribution in [0.3, 0.4) is 0 Å². The van der Waals surface area contributed by atoms with Gasteiger partial charge in [0.1, 0.15) is 11.5 Å². The van der Waals surface area contributed by atoms with Crippen molar-refractivity contribution >= 4 is 21.6 Å². The molecule has 0 aliphatic rings. The van der Waals surface area contributed by atoms with Crippen LogP contribution in [-0.4, -0.2) is 24.7 Å². The smallest absolute Gasteiger partial charge is 0.119 e. The van der Waals surface area contributed by atoms with Crippen molar-refractivity contribution in [3.63, 3.8) is 0 Å². The highest BCUT2D eigenvalue weighted by Gasteiger charge is 1.95. The van der Waals surface area contributed by atoms with E-state index in [-0.39, 0.29) is 0 Å². The van der Waals surface area contributed by atoms with Gasteiger partial charge in [0.15, 0.2) is 0 Å². The van der Waals surface area contributed by atoms with Gasteiger partial charge in [0, 0.05) is 11.5 Å². The summed E-state index contributed by atoms with van der Waals surface area (Å²) >= 11 is 0. The molecule has 0 unspecified atom stereocenters. The van der Waals surface area contributed by atoms with Crippen molar-refractivity contribution in [2.75, 3.05) is 24.7 Å². The second-order valence-electron chi connectivity index (χ2n) is 3.97. The van der Waals surface area contributed by atoms with Crippen LogP contribution in [0.4, 0.5) is 0 Å². The Morgan fingerprint density at radius 2 is 1.00 bits per heavy atom. The summed E-state index contributed by atoms with van der Waals surface area (Å²) in [5, 5.41) is 0. The molecule has 0 heterocycles.